The number of nitrogens with one attached hydrogen (secondary N) is 1. The number of rotatable bonds is 4. The van der Waals surface area contributed by atoms with E-state index in [-0.39, 0.29) is 18.5 Å². The zero-order chi connectivity index (χ0) is 19.0. The molecule has 4 rings (SSSR count). The van der Waals surface area contributed by atoms with Gasteiger partial charge >= 0.3 is 0 Å². The van der Waals surface area contributed by atoms with Crippen molar-refractivity contribution in [1.82, 2.24) is 15.1 Å². The first-order valence-corrected chi connectivity index (χ1v) is 9.99. The lowest BCUT2D eigenvalue weighted by Gasteiger charge is -2.27. The lowest BCUT2D eigenvalue weighted by atomic mass is 9.82. The highest BCUT2D eigenvalue weighted by Crippen LogP contribution is 2.47. The van der Waals surface area contributed by atoms with Gasteiger partial charge in [0.05, 0.1) is 18.2 Å². The fourth-order valence-electron chi connectivity index (χ4n) is 4.67. The van der Waals surface area contributed by atoms with Gasteiger partial charge in [-0.1, -0.05) is 30.3 Å². The largest absolute Gasteiger partial charge is 0.374 e. The van der Waals surface area contributed by atoms with Crippen LogP contribution in [0.5, 0.6) is 0 Å². The SMILES string of the molecule is CC(NC(=NCC(=O)N(C)C)N1CC2C3CCC(O3)C2C1)c1ccccc1. The van der Waals surface area contributed by atoms with E-state index in [4.69, 9.17) is 4.74 Å². The minimum Gasteiger partial charge on any atom is -0.374 e. The van der Waals surface area contributed by atoms with Gasteiger partial charge in [0.15, 0.2) is 5.96 Å². The molecule has 2 bridgehead atoms. The molecule has 6 nitrogen and oxygen atoms in total. The Labute approximate surface area is 161 Å². The monoisotopic (exact) mass is 370 g/mol. The van der Waals surface area contributed by atoms with Crippen LogP contribution in [-0.2, 0) is 9.53 Å². The molecule has 1 N–H and O–H groups in total. The second kappa shape index (κ2) is 7.50. The number of ether oxygens (including phenoxy) is 1. The van der Waals surface area contributed by atoms with Gasteiger partial charge in [0.1, 0.15) is 6.54 Å². The number of amides is 1. The number of carbonyl (C=O) groups excluding carboxylic acids is 1. The van der Waals surface area contributed by atoms with Crippen molar-refractivity contribution in [2.45, 2.75) is 38.0 Å². The zero-order valence-corrected chi connectivity index (χ0v) is 16.5. The van der Waals surface area contributed by atoms with E-state index in [1.165, 1.54) is 18.4 Å². The summed E-state index contributed by atoms with van der Waals surface area (Å²) in [4.78, 5) is 20.7. The average molecular weight is 370 g/mol. The fourth-order valence-corrected chi connectivity index (χ4v) is 4.67. The van der Waals surface area contributed by atoms with Gasteiger partial charge in [-0.3, -0.25) is 4.79 Å². The van der Waals surface area contributed by atoms with Crippen LogP contribution >= 0.6 is 0 Å². The molecule has 3 aliphatic rings. The maximum Gasteiger partial charge on any atom is 0.243 e. The molecule has 0 saturated carbocycles. The quantitative estimate of drug-likeness (QED) is 0.650. The number of nitrogens with zero attached hydrogens (tertiary/aromatic N) is 3. The van der Waals surface area contributed by atoms with Crippen LogP contribution in [0.4, 0.5) is 0 Å². The van der Waals surface area contributed by atoms with Gasteiger partial charge in [-0.25, -0.2) is 4.99 Å². The Kier molecular flexibility index (Phi) is 5.08. The van der Waals surface area contributed by atoms with Crippen LogP contribution < -0.4 is 5.32 Å². The van der Waals surface area contributed by atoms with E-state index in [0.717, 1.165) is 19.0 Å². The Morgan fingerprint density at radius 3 is 2.44 bits per heavy atom. The molecule has 1 amide bonds. The van der Waals surface area contributed by atoms with Crippen molar-refractivity contribution >= 4 is 11.9 Å². The number of benzene rings is 1. The number of likely N-dealkylation sites (N-methyl/N-ethyl adjacent to an activating group) is 1. The number of hydrogen-bond donors (Lipinski definition) is 1. The van der Waals surface area contributed by atoms with Gasteiger partial charge in [0, 0.05) is 39.0 Å². The summed E-state index contributed by atoms with van der Waals surface area (Å²) in [6.45, 7) is 4.25. The molecule has 0 spiro atoms. The van der Waals surface area contributed by atoms with Crippen molar-refractivity contribution in [2.24, 2.45) is 16.8 Å². The zero-order valence-electron chi connectivity index (χ0n) is 16.5. The van der Waals surface area contributed by atoms with Crippen molar-refractivity contribution in [1.29, 1.82) is 0 Å². The van der Waals surface area contributed by atoms with E-state index >= 15 is 0 Å². The van der Waals surface area contributed by atoms with E-state index in [0.29, 0.717) is 24.0 Å². The first-order chi connectivity index (χ1) is 13.0. The van der Waals surface area contributed by atoms with E-state index < -0.39 is 0 Å². The summed E-state index contributed by atoms with van der Waals surface area (Å²) < 4.78 is 6.10. The third-order valence-corrected chi connectivity index (χ3v) is 6.26. The van der Waals surface area contributed by atoms with Crippen molar-refractivity contribution < 1.29 is 9.53 Å². The fraction of sp³-hybridized carbons (Fsp3) is 0.619. The number of likely N-dealkylation sites (tertiary alicyclic amines) is 1. The maximum absolute atomic E-state index is 12.1. The van der Waals surface area contributed by atoms with Gasteiger partial charge in [0.25, 0.3) is 0 Å². The third kappa shape index (κ3) is 3.68. The van der Waals surface area contributed by atoms with E-state index in [2.05, 4.69) is 46.4 Å². The molecule has 3 aliphatic heterocycles. The molecule has 3 fully saturated rings. The van der Waals surface area contributed by atoms with Crippen molar-refractivity contribution in [3.63, 3.8) is 0 Å². The summed E-state index contributed by atoms with van der Waals surface area (Å²) in [5, 5.41) is 3.57. The summed E-state index contributed by atoms with van der Waals surface area (Å²) in [6, 6.07) is 10.5. The number of fused-ring (bicyclic) bond motifs is 5. The highest BCUT2D eigenvalue weighted by atomic mass is 16.5. The molecule has 6 heteroatoms. The Bertz CT molecular complexity index is 687. The normalized spacial score (nSPS) is 30.3. The molecule has 0 aliphatic carbocycles. The Hall–Kier alpha value is -2.08. The van der Waals surface area contributed by atoms with Crippen molar-refractivity contribution in [3.8, 4) is 0 Å². The third-order valence-electron chi connectivity index (χ3n) is 6.26. The molecule has 3 saturated heterocycles. The molecule has 146 valence electrons. The average Bonchev–Trinajstić information content (AvgIpc) is 3.38. The minimum atomic E-state index is 0.0180. The second-order valence-corrected chi connectivity index (χ2v) is 8.23. The van der Waals surface area contributed by atoms with Gasteiger partial charge < -0.3 is 19.9 Å². The van der Waals surface area contributed by atoms with E-state index in [9.17, 15) is 4.79 Å². The lowest BCUT2D eigenvalue weighted by Crippen LogP contribution is -2.43. The number of hydrogen-bond acceptors (Lipinski definition) is 3. The summed E-state index contributed by atoms with van der Waals surface area (Å²) in [6.07, 6.45) is 3.22. The smallest absolute Gasteiger partial charge is 0.243 e. The predicted octanol–water partition coefficient (Wildman–Crippen LogP) is 1.89. The van der Waals surface area contributed by atoms with Gasteiger partial charge in [-0.05, 0) is 25.3 Å². The standard InChI is InChI=1S/C21H30N4O2/c1-14(15-7-5-4-6-8-15)23-21(22-11-20(26)24(2)3)25-12-16-17(13-25)19-10-9-18(16)27-19/h4-8,14,16-19H,9-13H2,1-3H3,(H,22,23). The summed E-state index contributed by atoms with van der Waals surface area (Å²) >= 11 is 0. The van der Waals surface area contributed by atoms with Crippen LogP contribution in [0.1, 0.15) is 31.4 Å². The molecule has 0 aromatic heterocycles. The first-order valence-electron chi connectivity index (χ1n) is 9.99. The second-order valence-electron chi connectivity index (χ2n) is 8.23. The number of aliphatic imine (C=N–C) groups is 1. The number of guanidine groups is 1. The predicted molar refractivity (Wildman–Crippen MR) is 105 cm³/mol. The molecule has 5 unspecified atom stereocenters. The van der Waals surface area contributed by atoms with Crippen molar-refractivity contribution in [3.05, 3.63) is 35.9 Å². The van der Waals surface area contributed by atoms with Gasteiger partial charge in [-0.15, -0.1) is 0 Å². The minimum absolute atomic E-state index is 0.0180. The molecule has 1 aromatic rings. The molecule has 27 heavy (non-hydrogen) atoms. The Morgan fingerprint density at radius 2 is 1.85 bits per heavy atom. The Morgan fingerprint density at radius 1 is 1.22 bits per heavy atom. The topological polar surface area (TPSA) is 57.2 Å². The number of carbonyl (C=O) groups is 1. The Balaban J connectivity index is 1.50. The van der Waals surface area contributed by atoms with Crippen LogP contribution in [0.25, 0.3) is 0 Å². The van der Waals surface area contributed by atoms with Crippen molar-refractivity contribution in [2.75, 3.05) is 33.7 Å². The summed E-state index contributed by atoms with van der Waals surface area (Å²) in [7, 11) is 3.54. The molecule has 0 radical (unpaired) electrons. The van der Waals surface area contributed by atoms with E-state index in [1.807, 2.05) is 6.07 Å². The molecule has 5 atom stereocenters. The van der Waals surface area contributed by atoms with E-state index in [1.54, 1.807) is 19.0 Å². The first kappa shape index (κ1) is 18.3. The highest BCUT2D eigenvalue weighted by Gasteiger charge is 2.53. The van der Waals surface area contributed by atoms with Crippen LogP contribution in [0.2, 0.25) is 0 Å². The summed E-state index contributed by atoms with van der Waals surface area (Å²) in [5.41, 5.74) is 1.21. The molecular weight excluding hydrogens is 340 g/mol. The molecular formula is C21H30N4O2. The van der Waals surface area contributed by atoms with Crippen LogP contribution in [0, 0.1) is 11.8 Å². The maximum atomic E-state index is 12.1. The van der Waals surface area contributed by atoms with Crippen LogP contribution in [0.15, 0.2) is 35.3 Å². The highest BCUT2D eigenvalue weighted by molar-refractivity contribution is 5.85. The van der Waals surface area contributed by atoms with Gasteiger partial charge in [-0.2, -0.15) is 0 Å². The van der Waals surface area contributed by atoms with Crippen LogP contribution in [0.3, 0.4) is 0 Å². The van der Waals surface area contributed by atoms with Gasteiger partial charge in [0.2, 0.25) is 5.91 Å². The lowest BCUT2D eigenvalue weighted by molar-refractivity contribution is -0.127. The summed E-state index contributed by atoms with van der Waals surface area (Å²) in [5.74, 6) is 2.07. The molecule has 3 heterocycles. The molecule has 1 aromatic carbocycles. The van der Waals surface area contributed by atoms with Crippen LogP contribution in [-0.4, -0.2) is 67.6 Å².